The maximum Gasteiger partial charge on any atom is 0.222 e. The van der Waals surface area contributed by atoms with Gasteiger partial charge in [0, 0.05) is 13.5 Å². The van der Waals surface area contributed by atoms with Crippen LogP contribution >= 0.6 is 0 Å². The van der Waals surface area contributed by atoms with E-state index in [1.807, 2.05) is 0 Å². The van der Waals surface area contributed by atoms with Crippen molar-refractivity contribution in [1.29, 1.82) is 0 Å². The lowest BCUT2D eigenvalue weighted by Crippen LogP contribution is -2.46. The van der Waals surface area contributed by atoms with Crippen LogP contribution in [0.4, 0.5) is 4.39 Å². The van der Waals surface area contributed by atoms with Crippen LogP contribution in [0.2, 0.25) is 0 Å². The number of nitrogens with zero attached hydrogens (tertiary/aromatic N) is 1. The Morgan fingerprint density at radius 3 is 2.60 bits per heavy atom. The summed E-state index contributed by atoms with van der Waals surface area (Å²) in [4.78, 5) is 13.9. The molecule has 20 heavy (non-hydrogen) atoms. The first-order valence-corrected chi connectivity index (χ1v) is 7.26. The highest BCUT2D eigenvalue weighted by atomic mass is 19.1. The Kier molecular flexibility index (Phi) is 5.12. The summed E-state index contributed by atoms with van der Waals surface area (Å²) in [5.41, 5.74) is 0.956. The molecule has 1 N–H and O–H groups in total. The predicted octanol–water partition coefficient (Wildman–Crippen LogP) is 2.52. The fraction of sp³-hybridized carbons (Fsp3) is 0.562. The van der Waals surface area contributed by atoms with Gasteiger partial charge in [-0.05, 0) is 37.0 Å². The molecule has 4 heteroatoms. The highest BCUT2D eigenvalue weighted by Gasteiger charge is 2.28. The van der Waals surface area contributed by atoms with Gasteiger partial charge in [0.25, 0.3) is 0 Å². The van der Waals surface area contributed by atoms with Crippen molar-refractivity contribution >= 4 is 5.91 Å². The van der Waals surface area contributed by atoms with Crippen molar-refractivity contribution in [3.05, 3.63) is 35.6 Å². The average Bonchev–Trinajstić information content (AvgIpc) is 2.46. The van der Waals surface area contributed by atoms with Gasteiger partial charge in [0.15, 0.2) is 0 Å². The molecule has 1 amide bonds. The number of aliphatic hydroxyl groups is 1. The Morgan fingerprint density at radius 1 is 1.30 bits per heavy atom. The lowest BCUT2D eigenvalue weighted by molar-refractivity contribution is -0.135. The first-order chi connectivity index (χ1) is 9.58. The van der Waals surface area contributed by atoms with E-state index >= 15 is 0 Å². The molecule has 2 atom stereocenters. The minimum Gasteiger partial charge on any atom is -0.391 e. The molecular weight excluding hydrogens is 257 g/mol. The predicted molar refractivity (Wildman–Crippen MR) is 75.8 cm³/mol. The summed E-state index contributed by atoms with van der Waals surface area (Å²) in [6.07, 6.45) is 4.35. The molecule has 1 saturated carbocycles. The maximum absolute atomic E-state index is 12.8. The van der Waals surface area contributed by atoms with Crippen LogP contribution in [-0.4, -0.2) is 35.1 Å². The third kappa shape index (κ3) is 3.79. The molecule has 3 nitrogen and oxygen atoms in total. The van der Waals surface area contributed by atoms with Gasteiger partial charge < -0.3 is 10.0 Å². The minimum atomic E-state index is -0.400. The Balaban J connectivity index is 1.86. The van der Waals surface area contributed by atoms with Gasteiger partial charge in [0.1, 0.15) is 5.82 Å². The Hall–Kier alpha value is -1.42. The number of carbonyl (C=O) groups is 1. The monoisotopic (exact) mass is 279 g/mol. The molecule has 1 fully saturated rings. The third-order valence-electron chi connectivity index (χ3n) is 4.13. The zero-order valence-electron chi connectivity index (χ0n) is 11.9. The van der Waals surface area contributed by atoms with Crippen molar-refractivity contribution in [1.82, 2.24) is 4.90 Å². The van der Waals surface area contributed by atoms with Gasteiger partial charge in [-0.3, -0.25) is 4.79 Å². The zero-order valence-corrected chi connectivity index (χ0v) is 11.9. The molecule has 0 unspecified atom stereocenters. The number of aliphatic hydroxyl groups excluding tert-OH is 1. The van der Waals surface area contributed by atoms with Crippen LogP contribution in [0.15, 0.2) is 24.3 Å². The van der Waals surface area contributed by atoms with Gasteiger partial charge in [-0.2, -0.15) is 0 Å². The standard InChI is InChI=1S/C16H22FNO2/c1-18(14-4-2-3-5-15(14)19)16(20)11-8-12-6-9-13(17)10-7-12/h6-7,9-10,14-15,19H,2-5,8,11H2,1H3/t14-,15-/m1/s1. The topological polar surface area (TPSA) is 40.5 Å². The number of aryl methyl sites for hydroxylation is 1. The summed E-state index contributed by atoms with van der Waals surface area (Å²) in [5, 5.41) is 9.97. The van der Waals surface area contributed by atoms with Gasteiger partial charge in [-0.15, -0.1) is 0 Å². The number of amides is 1. The molecular formula is C16H22FNO2. The third-order valence-corrected chi connectivity index (χ3v) is 4.13. The van der Waals surface area contributed by atoms with Crippen molar-refractivity contribution in [2.75, 3.05) is 7.05 Å². The van der Waals surface area contributed by atoms with Gasteiger partial charge in [0.2, 0.25) is 5.91 Å². The Bertz CT molecular complexity index is 446. The fourth-order valence-electron chi connectivity index (χ4n) is 2.81. The normalized spacial score (nSPS) is 22.6. The van der Waals surface area contributed by atoms with Crippen LogP contribution in [0.25, 0.3) is 0 Å². The van der Waals surface area contributed by atoms with Crippen molar-refractivity contribution in [3.63, 3.8) is 0 Å². The molecule has 0 aliphatic heterocycles. The molecule has 2 rings (SSSR count). The van der Waals surface area contributed by atoms with E-state index in [0.717, 1.165) is 31.2 Å². The minimum absolute atomic E-state index is 0.0419. The van der Waals surface area contributed by atoms with Crippen molar-refractivity contribution < 1.29 is 14.3 Å². The molecule has 1 aliphatic rings. The van der Waals surface area contributed by atoms with E-state index < -0.39 is 6.10 Å². The van der Waals surface area contributed by atoms with E-state index in [-0.39, 0.29) is 17.8 Å². The van der Waals surface area contributed by atoms with Crippen LogP contribution in [0, 0.1) is 5.82 Å². The maximum atomic E-state index is 12.8. The van der Waals surface area contributed by atoms with Gasteiger partial charge in [0.05, 0.1) is 12.1 Å². The molecule has 0 aromatic heterocycles. The number of benzene rings is 1. The lowest BCUT2D eigenvalue weighted by Gasteiger charge is -2.35. The number of hydrogen-bond donors (Lipinski definition) is 1. The molecule has 0 radical (unpaired) electrons. The van der Waals surface area contributed by atoms with Gasteiger partial charge >= 0.3 is 0 Å². The Morgan fingerprint density at radius 2 is 1.95 bits per heavy atom. The summed E-state index contributed by atoms with van der Waals surface area (Å²) < 4.78 is 12.8. The van der Waals surface area contributed by atoms with E-state index in [1.54, 1.807) is 24.1 Å². The van der Waals surface area contributed by atoms with Crippen LogP contribution in [0.5, 0.6) is 0 Å². The zero-order chi connectivity index (χ0) is 14.5. The van der Waals surface area contributed by atoms with Crippen LogP contribution in [-0.2, 0) is 11.2 Å². The summed E-state index contributed by atoms with van der Waals surface area (Å²) in [7, 11) is 1.77. The van der Waals surface area contributed by atoms with Gasteiger partial charge in [-0.25, -0.2) is 4.39 Å². The van der Waals surface area contributed by atoms with Crippen molar-refractivity contribution in [2.24, 2.45) is 0 Å². The summed E-state index contributed by atoms with van der Waals surface area (Å²) in [6, 6.07) is 6.18. The van der Waals surface area contributed by atoms with Gasteiger partial charge in [-0.1, -0.05) is 25.0 Å². The summed E-state index contributed by atoms with van der Waals surface area (Å²) >= 11 is 0. The largest absolute Gasteiger partial charge is 0.391 e. The van der Waals surface area contributed by atoms with Crippen molar-refractivity contribution in [2.45, 2.75) is 50.7 Å². The van der Waals surface area contributed by atoms with E-state index in [4.69, 9.17) is 0 Å². The second-order valence-corrected chi connectivity index (χ2v) is 5.55. The molecule has 1 aliphatic carbocycles. The second kappa shape index (κ2) is 6.84. The SMILES string of the molecule is CN(C(=O)CCc1ccc(F)cc1)[C@@H]1CCCC[C@H]1O. The highest BCUT2D eigenvalue weighted by molar-refractivity contribution is 5.76. The Labute approximate surface area is 119 Å². The molecule has 0 spiro atoms. The van der Waals surface area contributed by atoms with E-state index in [0.29, 0.717) is 12.8 Å². The van der Waals surface area contributed by atoms with Crippen LogP contribution in [0.3, 0.4) is 0 Å². The van der Waals surface area contributed by atoms with E-state index in [2.05, 4.69) is 0 Å². The average molecular weight is 279 g/mol. The first-order valence-electron chi connectivity index (χ1n) is 7.26. The van der Waals surface area contributed by atoms with E-state index in [9.17, 15) is 14.3 Å². The molecule has 0 saturated heterocycles. The van der Waals surface area contributed by atoms with Crippen molar-refractivity contribution in [3.8, 4) is 0 Å². The second-order valence-electron chi connectivity index (χ2n) is 5.55. The first kappa shape index (κ1) is 15.0. The number of hydrogen-bond acceptors (Lipinski definition) is 2. The lowest BCUT2D eigenvalue weighted by atomic mass is 9.91. The number of likely N-dealkylation sites (N-methyl/N-ethyl adjacent to an activating group) is 1. The molecule has 0 heterocycles. The van der Waals surface area contributed by atoms with E-state index in [1.165, 1.54) is 12.1 Å². The number of halogens is 1. The highest BCUT2D eigenvalue weighted by Crippen LogP contribution is 2.23. The molecule has 0 bridgehead atoms. The molecule has 1 aromatic rings. The van der Waals surface area contributed by atoms with Crippen LogP contribution in [0.1, 0.15) is 37.7 Å². The fourth-order valence-corrected chi connectivity index (χ4v) is 2.81. The molecule has 110 valence electrons. The molecule has 1 aromatic carbocycles. The van der Waals surface area contributed by atoms with Crippen LogP contribution < -0.4 is 0 Å². The number of rotatable bonds is 4. The smallest absolute Gasteiger partial charge is 0.222 e. The summed E-state index contributed by atoms with van der Waals surface area (Å²) in [5.74, 6) is -0.220. The summed E-state index contributed by atoms with van der Waals surface area (Å²) in [6.45, 7) is 0. The number of carbonyl (C=O) groups excluding carboxylic acids is 1. The quantitative estimate of drug-likeness (QED) is 0.920.